The van der Waals surface area contributed by atoms with Crippen molar-refractivity contribution in [1.82, 2.24) is 0 Å². The van der Waals surface area contributed by atoms with E-state index in [-0.39, 0.29) is 6.42 Å². The molecule has 0 bridgehead atoms. The van der Waals surface area contributed by atoms with E-state index in [4.69, 9.17) is 5.11 Å². The number of carbonyl (C=O) groups is 1. The number of hydrogen-bond donors (Lipinski definition) is 4. The average molecular weight is 330 g/mol. The lowest BCUT2D eigenvalue weighted by molar-refractivity contribution is -0.137. The Bertz CT molecular complexity index is 317. The maximum absolute atomic E-state index is 10.4. The molecule has 0 unspecified atom stereocenters. The largest absolute Gasteiger partial charge is 0.481 e. The fourth-order valence-corrected chi connectivity index (χ4v) is 2.40. The molecule has 0 radical (unpaired) electrons. The third kappa shape index (κ3) is 14.4. The zero-order valence-electron chi connectivity index (χ0n) is 14.4. The van der Waals surface area contributed by atoms with Crippen LogP contribution in [0.2, 0.25) is 0 Å². The van der Waals surface area contributed by atoms with Crippen molar-refractivity contribution >= 4 is 5.97 Å². The predicted octanol–water partition coefficient (Wildman–Crippen LogP) is 3.02. The number of aliphatic hydroxyl groups is 3. The summed E-state index contributed by atoms with van der Waals surface area (Å²) in [5.41, 5.74) is 0. The summed E-state index contributed by atoms with van der Waals surface area (Å²) >= 11 is 0. The molecule has 0 aromatic rings. The summed E-state index contributed by atoms with van der Waals surface area (Å²) in [4.78, 5) is 10.4. The third-order valence-electron chi connectivity index (χ3n) is 3.92. The van der Waals surface area contributed by atoms with Gasteiger partial charge in [-0.2, -0.15) is 0 Å². The minimum atomic E-state index is -0.959. The maximum atomic E-state index is 10.4. The van der Waals surface area contributed by atoms with Gasteiger partial charge < -0.3 is 20.4 Å². The van der Waals surface area contributed by atoms with E-state index in [1.807, 2.05) is 0 Å². The number of rotatable bonds is 15. The maximum Gasteiger partial charge on any atom is 0.303 e. The summed E-state index contributed by atoms with van der Waals surface area (Å²) < 4.78 is 0. The van der Waals surface area contributed by atoms with Gasteiger partial charge in [-0.25, -0.2) is 0 Å². The number of hydrogen-bond acceptors (Lipinski definition) is 4. The quantitative estimate of drug-likeness (QED) is 0.273. The Morgan fingerprint density at radius 3 is 2.13 bits per heavy atom. The van der Waals surface area contributed by atoms with Gasteiger partial charge >= 0.3 is 5.97 Å². The van der Waals surface area contributed by atoms with E-state index in [0.29, 0.717) is 25.7 Å². The Morgan fingerprint density at radius 1 is 0.870 bits per heavy atom. The van der Waals surface area contributed by atoms with Crippen LogP contribution in [-0.4, -0.2) is 44.7 Å². The topological polar surface area (TPSA) is 98.0 Å². The molecule has 23 heavy (non-hydrogen) atoms. The Kier molecular flexibility index (Phi) is 14.1. The molecule has 0 aromatic heterocycles. The molecule has 136 valence electrons. The van der Waals surface area contributed by atoms with Crippen molar-refractivity contribution in [2.24, 2.45) is 0 Å². The first-order valence-electron chi connectivity index (χ1n) is 8.91. The Balaban J connectivity index is 3.74. The number of aliphatic hydroxyl groups excluding tert-OH is 3. The van der Waals surface area contributed by atoms with Crippen molar-refractivity contribution in [2.45, 2.75) is 95.9 Å². The predicted molar refractivity (Wildman–Crippen MR) is 91.3 cm³/mol. The summed E-state index contributed by atoms with van der Waals surface area (Å²) in [7, 11) is 0. The molecule has 0 aliphatic heterocycles. The van der Waals surface area contributed by atoms with Crippen LogP contribution in [0.25, 0.3) is 0 Å². The van der Waals surface area contributed by atoms with Gasteiger partial charge in [-0.1, -0.05) is 57.6 Å². The molecule has 0 saturated heterocycles. The van der Waals surface area contributed by atoms with Gasteiger partial charge in [0.15, 0.2) is 0 Å². The second-order valence-corrected chi connectivity index (χ2v) is 6.21. The number of carboxylic acid groups (broad SMARTS) is 1. The Hall–Kier alpha value is -0.910. The van der Waals surface area contributed by atoms with Gasteiger partial charge in [0.05, 0.1) is 18.3 Å². The van der Waals surface area contributed by atoms with Crippen LogP contribution in [0, 0.1) is 0 Å². The molecule has 0 aromatic carbocycles. The van der Waals surface area contributed by atoms with Crippen LogP contribution >= 0.6 is 0 Å². The standard InChI is InChI=1S/C18H34O5/c1-2-3-4-5-6-7-11-16(20)17(21)14-13-15(19)10-8-9-12-18(22)23/h13-17,19-21H,2-12H2,1H3,(H,22,23)/b14-13-/t15-,16-,17+/m0/s1. The van der Waals surface area contributed by atoms with E-state index in [9.17, 15) is 20.1 Å². The van der Waals surface area contributed by atoms with Gasteiger partial charge in [0.1, 0.15) is 0 Å². The molecule has 0 aliphatic rings. The highest BCUT2D eigenvalue weighted by molar-refractivity contribution is 5.66. The summed E-state index contributed by atoms with van der Waals surface area (Å²) in [5, 5.41) is 37.9. The zero-order chi connectivity index (χ0) is 17.5. The van der Waals surface area contributed by atoms with Crippen molar-refractivity contribution in [1.29, 1.82) is 0 Å². The van der Waals surface area contributed by atoms with Crippen LogP contribution < -0.4 is 0 Å². The molecule has 0 rings (SSSR count). The number of aliphatic carboxylic acids is 1. The first kappa shape index (κ1) is 22.1. The van der Waals surface area contributed by atoms with Gasteiger partial charge in [0, 0.05) is 6.42 Å². The molecule has 3 atom stereocenters. The summed E-state index contributed by atoms with van der Waals surface area (Å²) in [6.45, 7) is 2.17. The van der Waals surface area contributed by atoms with Crippen LogP contribution in [0.4, 0.5) is 0 Å². The average Bonchev–Trinajstić information content (AvgIpc) is 2.52. The molecular formula is C18H34O5. The van der Waals surface area contributed by atoms with Crippen LogP contribution in [0.1, 0.15) is 77.6 Å². The molecule has 5 heteroatoms. The van der Waals surface area contributed by atoms with Crippen molar-refractivity contribution < 1.29 is 25.2 Å². The number of carboxylic acids is 1. The summed E-state index contributed by atoms with van der Waals surface area (Å²) in [6.07, 6.45) is 9.56. The second kappa shape index (κ2) is 14.7. The minimum absolute atomic E-state index is 0.107. The van der Waals surface area contributed by atoms with Crippen LogP contribution in [-0.2, 0) is 4.79 Å². The fraction of sp³-hybridized carbons (Fsp3) is 0.833. The Labute approximate surface area is 140 Å². The van der Waals surface area contributed by atoms with E-state index in [1.165, 1.54) is 37.8 Å². The first-order chi connectivity index (χ1) is 11.0. The molecular weight excluding hydrogens is 296 g/mol. The van der Waals surface area contributed by atoms with Crippen molar-refractivity contribution in [3.05, 3.63) is 12.2 Å². The SMILES string of the molecule is CCCCCCCC[C@H](O)[C@H](O)/C=C\[C@@H](O)CCCCC(=O)O. The van der Waals surface area contributed by atoms with Gasteiger partial charge in [-0.05, 0) is 25.7 Å². The zero-order valence-corrected chi connectivity index (χ0v) is 14.4. The fourth-order valence-electron chi connectivity index (χ4n) is 2.40. The van der Waals surface area contributed by atoms with E-state index in [2.05, 4.69) is 6.92 Å². The van der Waals surface area contributed by atoms with Crippen LogP contribution in [0.15, 0.2) is 12.2 Å². The molecule has 0 saturated carbocycles. The highest BCUT2D eigenvalue weighted by Crippen LogP contribution is 2.12. The van der Waals surface area contributed by atoms with Gasteiger partial charge in [0.25, 0.3) is 0 Å². The highest BCUT2D eigenvalue weighted by atomic mass is 16.4. The number of unbranched alkanes of at least 4 members (excludes halogenated alkanes) is 6. The molecule has 5 nitrogen and oxygen atoms in total. The van der Waals surface area contributed by atoms with Gasteiger partial charge in [-0.3, -0.25) is 4.79 Å². The van der Waals surface area contributed by atoms with Gasteiger partial charge in [-0.15, -0.1) is 0 Å². The molecule has 0 fully saturated rings. The summed E-state index contributed by atoms with van der Waals surface area (Å²) in [6, 6.07) is 0. The third-order valence-corrected chi connectivity index (χ3v) is 3.92. The van der Waals surface area contributed by atoms with E-state index >= 15 is 0 Å². The van der Waals surface area contributed by atoms with Crippen molar-refractivity contribution in [3.63, 3.8) is 0 Å². The smallest absolute Gasteiger partial charge is 0.303 e. The van der Waals surface area contributed by atoms with Crippen molar-refractivity contribution in [3.8, 4) is 0 Å². The molecule has 0 amide bonds. The first-order valence-corrected chi connectivity index (χ1v) is 8.91. The van der Waals surface area contributed by atoms with Crippen molar-refractivity contribution in [2.75, 3.05) is 0 Å². The second-order valence-electron chi connectivity index (χ2n) is 6.21. The lowest BCUT2D eigenvalue weighted by atomic mass is 10.0. The van der Waals surface area contributed by atoms with Gasteiger partial charge in [0.2, 0.25) is 0 Å². The van der Waals surface area contributed by atoms with Crippen LogP contribution in [0.3, 0.4) is 0 Å². The Morgan fingerprint density at radius 2 is 1.48 bits per heavy atom. The van der Waals surface area contributed by atoms with Crippen LogP contribution in [0.5, 0.6) is 0 Å². The normalized spacial score (nSPS) is 15.7. The monoisotopic (exact) mass is 330 g/mol. The highest BCUT2D eigenvalue weighted by Gasteiger charge is 2.13. The minimum Gasteiger partial charge on any atom is -0.481 e. The lowest BCUT2D eigenvalue weighted by Crippen LogP contribution is -2.24. The molecule has 0 spiro atoms. The molecule has 4 N–H and O–H groups in total. The molecule has 0 aliphatic carbocycles. The van der Waals surface area contributed by atoms with E-state index in [0.717, 1.165) is 12.8 Å². The summed E-state index contributed by atoms with van der Waals surface area (Å²) in [5.74, 6) is -0.830. The lowest BCUT2D eigenvalue weighted by Gasteiger charge is -2.15. The van der Waals surface area contributed by atoms with E-state index in [1.54, 1.807) is 0 Å². The molecule has 0 heterocycles. The van der Waals surface area contributed by atoms with E-state index < -0.39 is 24.3 Å².